The Morgan fingerprint density at radius 2 is 1.85 bits per heavy atom. The van der Waals surface area contributed by atoms with E-state index >= 15 is 0 Å². The number of esters is 1. The molecule has 0 fully saturated rings. The van der Waals surface area contributed by atoms with Gasteiger partial charge in [-0.25, -0.2) is 13.2 Å². The van der Waals surface area contributed by atoms with Crippen molar-refractivity contribution >= 4 is 37.4 Å². The summed E-state index contributed by atoms with van der Waals surface area (Å²) in [6, 6.07) is 9.66. The maximum absolute atomic E-state index is 12.2. The van der Waals surface area contributed by atoms with Crippen LogP contribution >= 0.6 is 15.9 Å². The molecule has 0 heterocycles. The van der Waals surface area contributed by atoms with Crippen LogP contribution in [-0.4, -0.2) is 38.8 Å². The van der Waals surface area contributed by atoms with Gasteiger partial charge >= 0.3 is 11.7 Å². The highest BCUT2D eigenvalue weighted by Gasteiger charge is 2.20. The summed E-state index contributed by atoms with van der Waals surface area (Å²) in [5, 5.41) is 11.1. The lowest BCUT2D eigenvalue weighted by atomic mass is 10.2. The predicted octanol–water partition coefficient (Wildman–Crippen LogP) is 3.00. The van der Waals surface area contributed by atoms with Crippen molar-refractivity contribution in [2.45, 2.75) is 4.90 Å². The summed E-state index contributed by atoms with van der Waals surface area (Å²) in [7, 11) is -2.44. The number of ether oxygens (including phenoxy) is 2. The van der Waals surface area contributed by atoms with Crippen molar-refractivity contribution in [1.82, 2.24) is 0 Å². The molecule has 0 aliphatic heterocycles. The third-order valence-electron chi connectivity index (χ3n) is 3.36. The number of halogens is 1. The van der Waals surface area contributed by atoms with Gasteiger partial charge < -0.3 is 9.47 Å². The van der Waals surface area contributed by atoms with Crippen molar-refractivity contribution in [3.05, 3.63) is 62.6 Å². The topological polar surface area (TPSA) is 113 Å². The van der Waals surface area contributed by atoms with Gasteiger partial charge in [0.15, 0.2) is 15.6 Å². The van der Waals surface area contributed by atoms with Gasteiger partial charge in [0, 0.05) is 10.5 Å². The van der Waals surface area contributed by atoms with Crippen LogP contribution < -0.4 is 4.74 Å². The molecule has 2 rings (SSSR count). The van der Waals surface area contributed by atoms with Gasteiger partial charge in [0.05, 0.1) is 28.2 Å². The summed E-state index contributed by atoms with van der Waals surface area (Å²) < 4.78 is 35.0. The molecule has 0 atom stereocenters. The maximum atomic E-state index is 12.2. The molecule has 0 unspecified atom stereocenters. The first kappa shape index (κ1) is 19.9. The number of hydrogen-bond donors (Lipinski definition) is 0. The number of nitro benzene ring substituents is 1. The van der Waals surface area contributed by atoms with Gasteiger partial charge in [0.1, 0.15) is 6.61 Å². The van der Waals surface area contributed by atoms with Crippen LogP contribution in [0.2, 0.25) is 0 Å². The van der Waals surface area contributed by atoms with Crippen molar-refractivity contribution in [2.75, 3.05) is 19.5 Å². The van der Waals surface area contributed by atoms with E-state index in [1.54, 1.807) is 12.1 Å². The van der Waals surface area contributed by atoms with E-state index in [-0.39, 0.29) is 28.6 Å². The Balaban J connectivity index is 2.12. The number of hydrogen-bond acceptors (Lipinski definition) is 7. The van der Waals surface area contributed by atoms with E-state index < -0.39 is 26.4 Å². The average molecular weight is 444 g/mol. The van der Waals surface area contributed by atoms with Crippen LogP contribution in [0.1, 0.15) is 10.4 Å². The molecule has 0 amide bonds. The second-order valence-electron chi connectivity index (χ2n) is 5.05. The highest BCUT2D eigenvalue weighted by Crippen LogP contribution is 2.28. The highest BCUT2D eigenvalue weighted by molar-refractivity contribution is 9.10. The van der Waals surface area contributed by atoms with E-state index in [1.807, 2.05) is 0 Å². The number of nitro groups is 1. The Morgan fingerprint density at radius 3 is 2.42 bits per heavy atom. The maximum Gasteiger partial charge on any atom is 0.338 e. The molecule has 0 N–H and O–H groups in total. The lowest BCUT2D eigenvalue weighted by Crippen LogP contribution is -2.15. The van der Waals surface area contributed by atoms with Gasteiger partial charge in [-0.2, -0.15) is 0 Å². The third-order valence-corrected chi connectivity index (χ3v) is 5.58. The number of nitrogens with zero attached hydrogens (tertiary/aromatic N) is 1. The van der Waals surface area contributed by atoms with E-state index in [0.717, 1.165) is 17.6 Å². The first-order valence-electron chi connectivity index (χ1n) is 7.22. The molecule has 0 aromatic heterocycles. The Hall–Kier alpha value is -2.46. The number of carbonyl (C=O) groups is 1. The van der Waals surface area contributed by atoms with Gasteiger partial charge in [-0.1, -0.05) is 15.9 Å². The Labute approximate surface area is 157 Å². The molecule has 8 nitrogen and oxygen atoms in total. The Bertz CT molecular complexity index is 926. The van der Waals surface area contributed by atoms with Gasteiger partial charge in [0.2, 0.25) is 0 Å². The molecule has 138 valence electrons. The van der Waals surface area contributed by atoms with Crippen molar-refractivity contribution in [3.63, 3.8) is 0 Å². The molecule has 0 aliphatic carbocycles. The van der Waals surface area contributed by atoms with E-state index in [4.69, 9.17) is 4.74 Å². The van der Waals surface area contributed by atoms with E-state index in [1.165, 1.54) is 24.3 Å². The summed E-state index contributed by atoms with van der Waals surface area (Å²) in [5.41, 5.74) is -0.456. The monoisotopic (exact) mass is 443 g/mol. The minimum absolute atomic E-state index is 0.00552. The fourth-order valence-electron chi connectivity index (χ4n) is 2.05. The summed E-state index contributed by atoms with van der Waals surface area (Å²) in [5.74, 6) is -1.21. The first-order chi connectivity index (χ1) is 12.2. The fraction of sp³-hybridized carbons (Fsp3) is 0.188. The number of sulfone groups is 1. The first-order valence-corrected chi connectivity index (χ1v) is 9.67. The summed E-state index contributed by atoms with van der Waals surface area (Å²) >= 11 is 3.22. The third kappa shape index (κ3) is 4.79. The van der Waals surface area contributed by atoms with E-state index in [9.17, 15) is 23.3 Å². The molecule has 0 spiro atoms. The molecule has 26 heavy (non-hydrogen) atoms. The van der Waals surface area contributed by atoms with Crippen LogP contribution in [0.25, 0.3) is 0 Å². The summed E-state index contributed by atoms with van der Waals surface area (Å²) in [6.07, 6.45) is 0. The van der Waals surface area contributed by atoms with E-state index in [2.05, 4.69) is 20.7 Å². The highest BCUT2D eigenvalue weighted by atomic mass is 79.9. The molecule has 0 saturated heterocycles. The lowest BCUT2D eigenvalue weighted by molar-refractivity contribution is -0.385. The van der Waals surface area contributed by atoms with Gasteiger partial charge in [0.25, 0.3) is 0 Å². The van der Waals surface area contributed by atoms with E-state index in [0.29, 0.717) is 0 Å². The zero-order chi connectivity index (χ0) is 19.3. The number of benzene rings is 2. The van der Waals surface area contributed by atoms with Gasteiger partial charge in [-0.05, 0) is 36.4 Å². The SMILES string of the molecule is COC(=O)c1ccc(OCCS(=O)(=O)c2ccc(Br)cc2)c([N+](=O)[O-])c1. The van der Waals surface area contributed by atoms with Crippen LogP contribution in [0.15, 0.2) is 51.8 Å². The van der Waals surface area contributed by atoms with Crippen molar-refractivity contribution in [2.24, 2.45) is 0 Å². The van der Waals surface area contributed by atoms with Crippen LogP contribution in [-0.2, 0) is 14.6 Å². The Kier molecular flexibility index (Phi) is 6.32. The largest absolute Gasteiger partial charge is 0.486 e. The molecule has 10 heteroatoms. The molecule has 0 aliphatic rings. The summed E-state index contributed by atoms with van der Waals surface area (Å²) in [4.78, 5) is 22.0. The summed E-state index contributed by atoms with van der Waals surface area (Å²) in [6.45, 7) is -0.281. The number of carbonyl (C=O) groups excluding carboxylic acids is 1. The second-order valence-corrected chi connectivity index (χ2v) is 8.08. The smallest absolute Gasteiger partial charge is 0.338 e. The van der Waals surface area contributed by atoms with Crippen LogP contribution in [0.3, 0.4) is 0 Å². The number of methoxy groups -OCH3 is 1. The lowest BCUT2D eigenvalue weighted by Gasteiger charge is -2.09. The van der Waals surface area contributed by atoms with Crippen molar-refractivity contribution < 1.29 is 27.6 Å². The fourth-order valence-corrected chi connectivity index (χ4v) is 3.40. The van der Waals surface area contributed by atoms with Crippen molar-refractivity contribution in [1.29, 1.82) is 0 Å². The number of rotatable bonds is 7. The minimum Gasteiger partial charge on any atom is -0.486 e. The average Bonchev–Trinajstić information content (AvgIpc) is 2.61. The van der Waals surface area contributed by atoms with Crippen LogP contribution in [0.4, 0.5) is 5.69 Å². The molecular formula is C16H14BrNO7S. The molecule has 2 aromatic carbocycles. The molecule has 0 saturated carbocycles. The molecule has 0 bridgehead atoms. The quantitative estimate of drug-likeness (QED) is 0.367. The van der Waals surface area contributed by atoms with Crippen LogP contribution in [0.5, 0.6) is 5.75 Å². The van der Waals surface area contributed by atoms with Gasteiger partial charge in [-0.3, -0.25) is 10.1 Å². The molecule has 2 aromatic rings. The molecular weight excluding hydrogens is 430 g/mol. The molecule has 0 radical (unpaired) electrons. The predicted molar refractivity (Wildman–Crippen MR) is 96.1 cm³/mol. The van der Waals surface area contributed by atoms with Crippen molar-refractivity contribution in [3.8, 4) is 5.75 Å². The second kappa shape index (κ2) is 8.28. The minimum atomic E-state index is -3.60. The normalized spacial score (nSPS) is 11.0. The zero-order valence-electron chi connectivity index (χ0n) is 13.5. The van der Waals surface area contributed by atoms with Gasteiger partial charge in [-0.15, -0.1) is 0 Å². The zero-order valence-corrected chi connectivity index (χ0v) is 15.9. The standard InChI is InChI=1S/C16H14BrNO7S/c1-24-16(19)11-2-7-15(14(10-11)18(20)21)25-8-9-26(22,23)13-5-3-12(17)4-6-13/h2-7,10H,8-9H2,1H3. The van der Waals surface area contributed by atoms with Crippen LogP contribution in [0, 0.1) is 10.1 Å². The Morgan fingerprint density at radius 1 is 1.19 bits per heavy atom.